The predicted octanol–water partition coefficient (Wildman–Crippen LogP) is 1.04. The van der Waals surface area contributed by atoms with Gasteiger partial charge in [-0.15, -0.1) is 0 Å². The molecule has 0 aromatic heterocycles. The molecule has 0 spiro atoms. The molecule has 2 aliphatic rings. The van der Waals surface area contributed by atoms with Crippen LogP contribution in [-0.4, -0.2) is 58.0 Å². The highest BCUT2D eigenvalue weighted by atomic mass is 31.2. The fourth-order valence-electron chi connectivity index (χ4n) is 2.43. The zero-order chi connectivity index (χ0) is 12.7. The molecule has 2 saturated heterocycles. The molecule has 0 aromatic rings. The number of methoxy groups -OCH3 is 1. The van der Waals surface area contributed by atoms with Crippen LogP contribution in [0.15, 0.2) is 0 Å². The van der Waals surface area contributed by atoms with Crippen LogP contribution in [0, 0.1) is 0 Å². The van der Waals surface area contributed by atoms with Crippen LogP contribution >= 0.6 is 7.60 Å². The maximum atomic E-state index is 11.9. The molecule has 2 aliphatic heterocycles. The van der Waals surface area contributed by atoms with E-state index < -0.39 is 19.3 Å². The molecular formula is C10H19O6P. The smallest absolute Gasteiger partial charge is 0.327 e. The Morgan fingerprint density at radius 2 is 2.18 bits per heavy atom. The number of ether oxygens (including phenoxy) is 3. The Hall–Kier alpha value is 0.0300. The van der Waals surface area contributed by atoms with Gasteiger partial charge in [-0.2, -0.15) is 0 Å². The van der Waals surface area contributed by atoms with Crippen LogP contribution < -0.4 is 0 Å². The topological polar surface area (TPSA) is 63.2 Å². The molecule has 0 amide bonds. The Balaban J connectivity index is 2.18. The first kappa shape index (κ1) is 13.5. The number of hydrogen-bond donors (Lipinski definition) is 0. The molecule has 6 nitrogen and oxygen atoms in total. The highest BCUT2D eigenvalue weighted by Gasteiger charge is 2.62. The van der Waals surface area contributed by atoms with Crippen LogP contribution in [0.4, 0.5) is 0 Å². The first-order valence-electron chi connectivity index (χ1n) is 5.54. The minimum atomic E-state index is -3.07. The minimum Gasteiger partial charge on any atom is -0.381 e. The van der Waals surface area contributed by atoms with E-state index in [0.717, 1.165) is 0 Å². The first-order valence-corrected chi connectivity index (χ1v) is 7.53. The minimum absolute atomic E-state index is 0.0965. The van der Waals surface area contributed by atoms with E-state index in [9.17, 15) is 4.57 Å². The van der Waals surface area contributed by atoms with E-state index in [0.29, 0.717) is 13.2 Å². The lowest BCUT2D eigenvalue weighted by atomic mass is 10.00. The van der Waals surface area contributed by atoms with Crippen molar-refractivity contribution in [1.82, 2.24) is 0 Å². The predicted molar refractivity (Wildman–Crippen MR) is 60.3 cm³/mol. The van der Waals surface area contributed by atoms with Gasteiger partial charge in [0.05, 0.1) is 19.3 Å². The normalized spacial score (nSPS) is 43.9. The van der Waals surface area contributed by atoms with Crippen LogP contribution in [0.3, 0.4) is 0 Å². The lowest BCUT2D eigenvalue weighted by Crippen LogP contribution is -2.45. The quantitative estimate of drug-likeness (QED) is 0.693. The average Bonchev–Trinajstić information content (AvgIpc) is 2.69. The summed E-state index contributed by atoms with van der Waals surface area (Å²) in [6.07, 6.45) is -0.720. The summed E-state index contributed by atoms with van der Waals surface area (Å²) in [6, 6.07) is 0. The van der Waals surface area contributed by atoms with Gasteiger partial charge in [-0.1, -0.05) is 0 Å². The van der Waals surface area contributed by atoms with Gasteiger partial charge in [0.2, 0.25) is 0 Å². The maximum Gasteiger partial charge on any atom is 0.327 e. The molecule has 2 bridgehead atoms. The Kier molecular flexibility index (Phi) is 3.65. The summed E-state index contributed by atoms with van der Waals surface area (Å²) in [7, 11) is -0.108. The van der Waals surface area contributed by atoms with Crippen molar-refractivity contribution in [3.8, 4) is 0 Å². The zero-order valence-corrected chi connectivity index (χ0v) is 11.4. The Labute approximate surface area is 101 Å². The Bertz CT molecular complexity index is 335. The fourth-order valence-corrected chi connectivity index (χ4v) is 3.24. The first-order chi connectivity index (χ1) is 7.94. The van der Waals surface area contributed by atoms with Gasteiger partial charge in [0, 0.05) is 20.9 Å². The molecule has 7 heteroatoms. The van der Waals surface area contributed by atoms with E-state index in [1.165, 1.54) is 13.8 Å². The molecule has 0 aliphatic carbocycles. The van der Waals surface area contributed by atoms with E-state index in [-0.39, 0.29) is 12.2 Å². The second kappa shape index (κ2) is 4.61. The molecule has 5 atom stereocenters. The SMILES string of the molecule is COC[C@@]12COC([C@H](C)O1)[C@H]2OP(C)(=O)OC. The van der Waals surface area contributed by atoms with Crippen molar-refractivity contribution >= 4 is 7.60 Å². The van der Waals surface area contributed by atoms with Crippen LogP contribution in [0.2, 0.25) is 0 Å². The lowest BCUT2D eigenvalue weighted by Gasteiger charge is -2.30. The van der Waals surface area contributed by atoms with Crippen LogP contribution in [0.25, 0.3) is 0 Å². The summed E-state index contributed by atoms with van der Waals surface area (Å²) in [4.78, 5) is 0. The summed E-state index contributed by atoms with van der Waals surface area (Å²) < 4.78 is 39.0. The third kappa shape index (κ3) is 2.30. The van der Waals surface area contributed by atoms with Gasteiger partial charge in [-0.05, 0) is 6.92 Å². The molecule has 2 rings (SSSR count). The molecule has 0 aromatic carbocycles. The summed E-state index contributed by atoms with van der Waals surface area (Å²) in [6.45, 7) is 4.09. The second-order valence-electron chi connectivity index (χ2n) is 4.58. The van der Waals surface area contributed by atoms with E-state index in [4.69, 9.17) is 23.3 Å². The fraction of sp³-hybridized carbons (Fsp3) is 1.00. The Morgan fingerprint density at radius 1 is 1.47 bits per heavy atom. The van der Waals surface area contributed by atoms with Crippen molar-refractivity contribution in [2.24, 2.45) is 0 Å². The molecular weight excluding hydrogens is 247 g/mol. The van der Waals surface area contributed by atoms with Gasteiger partial charge < -0.3 is 18.7 Å². The monoisotopic (exact) mass is 266 g/mol. The standard InChI is InChI=1S/C10H19O6P/c1-7-8-9(16-17(4,11)13-3)10(15-7,5-12-2)6-14-8/h7-9H,5-6H2,1-4H3/t7-,8?,9+,10-,17?/m0/s1. The van der Waals surface area contributed by atoms with Crippen molar-refractivity contribution in [3.05, 3.63) is 0 Å². The van der Waals surface area contributed by atoms with E-state index >= 15 is 0 Å². The van der Waals surface area contributed by atoms with Gasteiger partial charge in [0.25, 0.3) is 0 Å². The number of hydrogen-bond acceptors (Lipinski definition) is 6. The van der Waals surface area contributed by atoms with Crippen molar-refractivity contribution in [1.29, 1.82) is 0 Å². The van der Waals surface area contributed by atoms with Gasteiger partial charge in [-0.25, -0.2) is 0 Å². The third-order valence-corrected chi connectivity index (χ3v) is 4.52. The number of fused-ring (bicyclic) bond motifs is 2. The molecule has 17 heavy (non-hydrogen) atoms. The van der Waals surface area contributed by atoms with Gasteiger partial charge in [0.1, 0.15) is 17.8 Å². The largest absolute Gasteiger partial charge is 0.381 e. The average molecular weight is 266 g/mol. The van der Waals surface area contributed by atoms with Crippen molar-refractivity contribution in [2.45, 2.75) is 30.8 Å². The molecule has 0 N–H and O–H groups in total. The van der Waals surface area contributed by atoms with Gasteiger partial charge in [-0.3, -0.25) is 9.09 Å². The van der Waals surface area contributed by atoms with Gasteiger partial charge >= 0.3 is 7.60 Å². The van der Waals surface area contributed by atoms with E-state index in [2.05, 4.69) is 0 Å². The third-order valence-electron chi connectivity index (χ3n) is 3.25. The van der Waals surface area contributed by atoms with E-state index in [1.807, 2.05) is 6.92 Å². The van der Waals surface area contributed by atoms with Gasteiger partial charge in [0.15, 0.2) is 0 Å². The van der Waals surface area contributed by atoms with Crippen LogP contribution in [0.1, 0.15) is 6.92 Å². The lowest BCUT2D eigenvalue weighted by molar-refractivity contribution is -0.158. The molecule has 100 valence electrons. The highest BCUT2D eigenvalue weighted by molar-refractivity contribution is 7.52. The Morgan fingerprint density at radius 3 is 2.71 bits per heavy atom. The molecule has 2 fully saturated rings. The highest BCUT2D eigenvalue weighted by Crippen LogP contribution is 2.52. The molecule has 0 radical (unpaired) electrons. The summed E-state index contributed by atoms with van der Waals surface area (Å²) in [5, 5.41) is 0. The molecule has 2 unspecified atom stereocenters. The summed E-state index contributed by atoms with van der Waals surface area (Å²) in [5.41, 5.74) is -0.664. The molecule has 0 saturated carbocycles. The van der Waals surface area contributed by atoms with Crippen LogP contribution in [0.5, 0.6) is 0 Å². The van der Waals surface area contributed by atoms with E-state index in [1.54, 1.807) is 7.11 Å². The van der Waals surface area contributed by atoms with Crippen LogP contribution in [-0.2, 0) is 27.8 Å². The molecule has 2 heterocycles. The second-order valence-corrected chi connectivity index (χ2v) is 6.69. The van der Waals surface area contributed by atoms with Crippen molar-refractivity contribution < 1.29 is 27.8 Å². The summed E-state index contributed by atoms with van der Waals surface area (Å²) in [5.74, 6) is 0. The maximum absolute atomic E-state index is 11.9. The summed E-state index contributed by atoms with van der Waals surface area (Å²) >= 11 is 0. The zero-order valence-electron chi connectivity index (χ0n) is 10.5. The number of rotatable bonds is 5. The van der Waals surface area contributed by atoms with Crippen molar-refractivity contribution in [3.63, 3.8) is 0 Å². The van der Waals surface area contributed by atoms with Crippen molar-refractivity contribution in [2.75, 3.05) is 34.1 Å².